The number of aromatic nitrogens is 4. The van der Waals surface area contributed by atoms with Gasteiger partial charge in [-0.3, -0.25) is 0 Å². The van der Waals surface area contributed by atoms with Gasteiger partial charge in [0.25, 0.3) is 0 Å². The number of nitrogens with zero attached hydrogens (tertiary/aromatic N) is 5. The number of para-hydroxylation sites is 1. The largest absolute Gasteiger partial charge is 0.497 e. The lowest BCUT2D eigenvalue weighted by Crippen LogP contribution is -2.09. The van der Waals surface area contributed by atoms with E-state index in [1.165, 1.54) is 0 Å². The molecule has 0 unspecified atom stereocenters. The standard InChI is InChI=1S/C21H21N5O2/c1-16-20(13-24-25-14-22-23-15-25)19-5-3-4-6-21(19)26(16)11-12-28-18-9-7-17(27-2)8-10-18/h3-10,13-15H,11-12H2,1-2H3/b24-13+. The second-order valence-corrected chi connectivity index (χ2v) is 6.28. The molecule has 7 heteroatoms. The van der Waals surface area contributed by atoms with Crippen LogP contribution in [-0.2, 0) is 6.54 Å². The molecule has 28 heavy (non-hydrogen) atoms. The monoisotopic (exact) mass is 375 g/mol. The Morgan fingerprint density at radius 1 is 1.00 bits per heavy atom. The summed E-state index contributed by atoms with van der Waals surface area (Å²) in [5.74, 6) is 1.64. The van der Waals surface area contributed by atoms with Crippen LogP contribution in [0.25, 0.3) is 10.9 Å². The topological polar surface area (TPSA) is 66.5 Å². The van der Waals surface area contributed by atoms with E-state index in [2.05, 4.69) is 38.9 Å². The van der Waals surface area contributed by atoms with Crippen molar-refractivity contribution in [1.29, 1.82) is 0 Å². The summed E-state index contributed by atoms with van der Waals surface area (Å²) in [6.45, 7) is 3.40. The summed E-state index contributed by atoms with van der Waals surface area (Å²) in [5, 5.41) is 13.1. The first kappa shape index (κ1) is 17.8. The number of ether oxygens (including phenoxy) is 2. The molecule has 0 amide bonds. The fourth-order valence-electron chi connectivity index (χ4n) is 3.21. The highest BCUT2D eigenvalue weighted by atomic mass is 16.5. The van der Waals surface area contributed by atoms with Gasteiger partial charge >= 0.3 is 0 Å². The van der Waals surface area contributed by atoms with Crippen LogP contribution in [0.3, 0.4) is 0 Å². The number of fused-ring (bicyclic) bond motifs is 1. The van der Waals surface area contributed by atoms with Crippen LogP contribution in [-0.4, -0.2) is 39.4 Å². The minimum Gasteiger partial charge on any atom is -0.497 e. The molecule has 0 aliphatic carbocycles. The molecule has 2 aromatic carbocycles. The smallest absolute Gasteiger partial charge is 0.141 e. The van der Waals surface area contributed by atoms with Crippen LogP contribution < -0.4 is 9.47 Å². The highest BCUT2D eigenvalue weighted by Gasteiger charge is 2.12. The van der Waals surface area contributed by atoms with Crippen LogP contribution in [0.5, 0.6) is 11.5 Å². The number of hydrogen-bond donors (Lipinski definition) is 0. The molecule has 0 bridgehead atoms. The van der Waals surface area contributed by atoms with Crippen molar-refractivity contribution in [1.82, 2.24) is 19.4 Å². The van der Waals surface area contributed by atoms with E-state index in [-0.39, 0.29) is 0 Å². The molecule has 0 spiro atoms. The van der Waals surface area contributed by atoms with Crippen molar-refractivity contribution in [2.75, 3.05) is 13.7 Å². The molecule has 0 fully saturated rings. The lowest BCUT2D eigenvalue weighted by molar-refractivity contribution is 0.299. The zero-order valence-corrected chi connectivity index (χ0v) is 15.8. The van der Waals surface area contributed by atoms with Gasteiger partial charge in [0.2, 0.25) is 0 Å². The van der Waals surface area contributed by atoms with Gasteiger partial charge in [-0.1, -0.05) is 18.2 Å². The summed E-state index contributed by atoms with van der Waals surface area (Å²) in [6, 6.07) is 15.9. The van der Waals surface area contributed by atoms with E-state index >= 15 is 0 Å². The lowest BCUT2D eigenvalue weighted by Gasteiger charge is -2.11. The van der Waals surface area contributed by atoms with E-state index in [1.54, 1.807) is 24.4 Å². The van der Waals surface area contributed by atoms with Crippen LogP contribution in [0.2, 0.25) is 0 Å². The normalized spacial score (nSPS) is 11.4. The number of hydrogen-bond acceptors (Lipinski definition) is 5. The van der Waals surface area contributed by atoms with Gasteiger partial charge in [-0.25, -0.2) is 4.68 Å². The Hall–Kier alpha value is -3.61. The molecular weight excluding hydrogens is 354 g/mol. The zero-order valence-electron chi connectivity index (χ0n) is 15.8. The van der Waals surface area contributed by atoms with Gasteiger partial charge in [0, 0.05) is 22.2 Å². The SMILES string of the molecule is COc1ccc(OCCn2c(C)c(/C=N/n3cnnc3)c3ccccc32)cc1. The predicted molar refractivity (Wildman–Crippen MR) is 108 cm³/mol. The van der Waals surface area contributed by atoms with Gasteiger partial charge in [-0.15, -0.1) is 10.2 Å². The van der Waals surface area contributed by atoms with Crippen molar-refractivity contribution >= 4 is 17.1 Å². The first-order valence-electron chi connectivity index (χ1n) is 9.00. The third-order valence-corrected chi connectivity index (χ3v) is 4.65. The molecule has 142 valence electrons. The van der Waals surface area contributed by atoms with Crippen molar-refractivity contribution in [3.8, 4) is 11.5 Å². The molecule has 7 nitrogen and oxygen atoms in total. The summed E-state index contributed by atoms with van der Waals surface area (Å²) in [7, 11) is 1.65. The van der Waals surface area contributed by atoms with E-state index in [0.29, 0.717) is 6.61 Å². The quantitative estimate of drug-likeness (QED) is 0.464. The fraction of sp³-hybridized carbons (Fsp3) is 0.190. The molecule has 2 heterocycles. The Kier molecular flexibility index (Phi) is 5.05. The maximum absolute atomic E-state index is 5.91. The number of methoxy groups -OCH3 is 1. The molecular formula is C21H21N5O2. The third kappa shape index (κ3) is 3.59. The summed E-state index contributed by atoms with van der Waals surface area (Å²) in [5.41, 5.74) is 3.37. The molecule has 0 atom stereocenters. The van der Waals surface area contributed by atoms with Gasteiger partial charge in [0.05, 0.1) is 19.9 Å². The van der Waals surface area contributed by atoms with Gasteiger partial charge < -0.3 is 14.0 Å². The summed E-state index contributed by atoms with van der Waals surface area (Å²) >= 11 is 0. The summed E-state index contributed by atoms with van der Waals surface area (Å²) in [4.78, 5) is 0. The average Bonchev–Trinajstić information content (AvgIpc) is 3.34. The van der Waals surface area contributed by atoms with E-state index in [0.717, 1.165) is 40.2 Å². The molecule has 0 radical (unpaired) electrons. The molecule has 2 aromatic heterocycles. The van der Waals surface area contributed by atoms with Crippen molar-refractivity contribution in [3.63, 3.8) is 0 Å². The number of benzene rings is 2. The highest BCUT2D eigenvalue weighted by molar-refractivity contribution is 6.01. The highest BCUT2D eigenvalue weighted by Crippen LogP contribution is 2.25. The predicted octanol–water partition coefficient (Wildman–Crippen LogP) is 3.51. The van der Waals surface area contributed by atoms with Gasteiger partial charge in [0.1, 0.15) is 30.8 Å². The van der Waals surface area contributed by atoms with Crippen molar-refractivity contribution < 1.29 is 9.47 Å². The van der Waals surface area contributed by atoms with E-state index in [4.69, 9.17) is 9.47 Å². The van der Waals surface area contributed by atoms with Crippen LogP contribution in [0.4, 0.5) is 0 Å². The Bertz CT molecular complexity index is 1080. The van der Waals surface area contributed by atoms with Gasteiger partial charge in [0.15, 0.2) is 0 Å². The van der Waals surface area contributed by atoms with Crippen LogP contribution in [0, 0.1) is 6.92 Å². The van der Waals surface area contributed by atoms with E-state index in [9.17, 15) is 0 Å². The lowest BCUT2D eigenvalue weighted by atomic mass is 10.1. The molecule has 0 aliphatic rings. The zero-order chi connectivity index (χ0) is 19.3. The maximum Gasteiger partial charge on any atom is 0.141 e. The second-order valence-electron chi connectivity index (χ2n) is 6.28. The minimum atomic E-state index is 0.563. The Labute approximate surface area is 162 Å². The Morgan fingerprint density at radius 2 is 1.71 bits per heavy atom. The van der Waals surface area contributed by atoms with E-state index < -0.39 is 0 Å². The van der Waals surface area contributed by atoms with Crippen molar-refractivity contribution in [3.05, 3.63) is 72.4 Å². The fourth-order valence-corrected chi connectivity index (χ4v) is 3.21. The Morgan fingerprint density at radius 3 is 2.46 bits per heavy atom. The third-order valence-electron chi connectivity index (χ3n) is 4.65. The molecule has 0 aliphatic heterocycles. The molecule has 0 saturated heterocycles. The van der Waals surface area contributed by atoms with E-state index in [1.807, 2.05) is 42.6 Å². The second kappa shape index (κ2) is 7.96. The van der Waals surface area contributed by atoms with Crippen molar-refractivity contribution in [2.45, 2.75) is 13.5 Å². The molecule has 0 N–H and O–H groups in total. The average molecular weight is 375 g/mol. The first-order valence-corrected chi connectivity index (χ1v) is 9.00. The van der Waals surface area contributed by atoms with Crippen LogP contribution in [0.15, 0.2) is 66.3 Å². The van der Waals surface area contributed by atoms with Crippen molar-refractivity contribution in [2.24, 2.45) is 5.10 Å². The summed E-state index contributed by atoms with van der Waals surface area (Å²) in [6.07, 6.45) is 4.98. The van der Waals surface area contributed by atoms with Crippen LogP contribution in [0.1, 0.15) is 11.3 Å². The molecule has 4 aromatic rings. The summed E-state index contributed by atoms with van der Waals surface area (Å²) < 4.78 is 14.9. The van der Waals surface area contributed by atoms with Gasteiger partial charge in [-0.05, 0) is 37.3 Å². The van der Waals surface area contributed by atoms with Crippen LogP contribution >= 0.6 is 0 Å². The first-order chi connectivity index (χ1) is 13.8. The molecule has 4 rings (SSSR count). The Balaban J connectivity index is 1.55. The molecule has 0 saturated carbocycles. The maximum atomic E-state index is 5.91. The van der Waals surface area contributed by atoms with Gasteiger partial charge in [-0.2, -0.15) is 5.10 Å². The minimum absolute atomic E-state index is 0.563. The number of rotatable bonds is 7.